The van der Waals surface area contributed by atoms with Crippen LogP contribution in [0.3, 0.4) is 0 Å². The van der Waals surface area contributed by atoms with E-state index < -0.39 is 23.4 Å². The first-order valence-electron chi connectivity index (χ1n) is 12.0. The molecule has 2 aliphatic rings. The van der Waals surface area contributed by atoms with Crippen molar-refractivity contribution < 1.29 is 22.0 Å². The summed E-state index contributed by atoms with van der Waals surface area (Å²) in [6.07, 6.45) is 6.20. The number of hydrogen-bond acceptors (Lipinski definition) is 0. The first kappa shape index (κ1) is 23.8. The van der Waals surface area contributed by atoms with Crippen LogP contribution >= 0.6 is 0 Å². The van der Waals surface area contributed by atoms with Crippen LogP contribution in [0.25, 0.3) is 0 Å². The molecule has 2 aromatic carbocycles. The minimum absolute atomic E-state index is 0.114. The van der Waals surface area contributed by atoms with Gasteiger partial charge in [-0.3, -0.25) is 0 Å². The lowest BCUT2D eigenvalue weighted by atomic mass is 9.64. The molecule has 0 heterocycles. The fourth-order valence-electron chi connectivity index (χ4n) is 5.70. The second-order valence-electron chi connectivity index (χ2n) is 9.56. The van der Waals surface area contributed by atoms with Crippen LogP contribution in [0, 0.1) is 35.3 Å². The fraction of sp³-hybridized carbons (Fsp3) is 0.500. The Morgan fingerprint density at radius 3 is 2.33 bits per heavy atom. The number of benzene rings is 2. The lowest BCUT2D eigenvalue weighted by Crippen LogP contribution is -2.28. The van der Waals surface area contributed by atoms with Crippen LogP contribution in [-0.4, -0.2) is 0 Å². The molecule has 0 nitrogen and oxygen atoms in total. The third-order valence-corrected chi connectivity index (χ3v) is 7.31. The molecule has 0 N–H and O–H groups in total. The SMILES string of the molecule is CCCCC[C@@H]1CC[C@@H]2c3ccc(C#Cc4cc(F)c(C(F)(F)F)c(F)c4)cc3CC[C@@H]2C1. The number of rotatable bonds is 4. The molecule has 2 aliphatic carbocycles. The van der Waals surface area contributed by atoms with Gasteiger partial charge in [-0.25, -0.2) is 8.78 Å². The lowest BCUT2D eigenvalue weighted by molar-refractivity contribution is -0.142. The highest BCUT2D eigenvalue weighted by atomic mass is 19.4. The molecule has 176 valence electrons. The minimum Gasteiger partial charge on any atom is -0.206 e. The van der Waals surface area contributed by atoms with Gasteiger partial charge in [0, 0.05) is 11.1 Å². The van der Waals surface area contributed by atoms with Crippen LogP contribution in [-0.2, 0) is 12.6 Å². The van der Waals surface area contributed by atoms with Gasteiger partial charge in [-0.2, -0.15) is 13.2 Å². The van der Waals surface area contributed by atoms with Crippen LogP contribution in [0.1, 0.15) is 92.0 Å². The zero-order valence-electron chi connectivity index (χ0n) is 18.9. The van der Waals surface area contributed by atoms with Crippen molar-refractivity contribution >= 4 is 0 Å². The largest absolute Gasteiger partial charge is 0.422 e. The zero-order valence-corrected chi connectivity index (χ0v) is 18.9. The molecule has 0 spiro atoms. The van der Waals surface area contributed by atoms with E-state index in [4.69, 9.17) is 0 Å². The summed E-state index contributed by atoms with van der Waals surface area (Å²) in [6, 6.07) is 7.35. The first-order valence-corrected chi connectivity index (χ1v) is 12.0. The van der Waals surface area contributed by atoms with E-state index in [9.17, 15) is 22.0 Å². The smallest absolute Gasteiger partial charge is 0.206 e. The van der Waals surface area contributed by atoms with Crippen molar-refractivity contribution in [3.8, 4) is 11.8 Å². The topological polar surface area (TPSA) is 0 Å². The van der Waals surface area contributed by atoms with Gasteiger partial charge in [0.25, 0.3) is 0 Å². The molecule has 1 fully saturated rings. The van der Waals surface area contributed by atoms with Crippen molar-refractivity contribution in [1.82, 2.24) is 0 Å². The standard InChI is InChI=1S/C28H29F5/c1-2-3-4-5-18-8-12-23-21(14-18)10-11-22-15-19(9-13-24(22)23)6-7-20-16-25(29)27(26(30)17-20)28(31,32)33/h9,13,15-18,21,23H,2-5,8,10-12,14H2,1H3/t18-,21-,23+/m1/s1. The van der Waals surface area contributed by atoms with Crippen molar-refractivity contribution in [2.45, 2.75) is 76.8 Å². The third kappa shape index (κ3) is 5.42. The number of halogens is 5. The predicted molar refractivity (Wildman–Crippen MR) is 120 cm³/mol. The quantitative estimate of drug-likeness (QED) is 0.244. The van der Waals surface area contributed by atoms with E-state index in [0.717, 1.165) is 18.3 Å². The van der Waals surface area contributed by atoms with E-state index in [1.165, 1.54) is 62.5 Å². The summed E-state index contributed by atoms with van der Waals surface area (Å²) in [4.78, 5) is 0. The van der Waals surface area contributed by atoms with Gasteiger partial charge in [0.05, 0.1) is 0 Å². The molecule has 0 unspecified atom stereocenters. The van der Waals surface area contributed by atoms with Crippen LogP contribution in [0.4, 0.5) is 22.0 Å². The molecule has 4 rings (SSSR count). The second kappa shape index (κ2) is 9.87. The summed E-state index contributed by atoms with van der Waals surface area (Å²) in [5, 5.41) is 0. The van der Waals surface area contributed by atoms with Gasteiger partial charge in [-0.15, -0.1) is 0 Å². The van der Waals surface area contributed by atoms with E-state index in [1.54, 1.807) is 0 Å². The van der Waals surface area contributed by atoms with Gasteiger partial charge < -0.3 is 0 Å². The van der Waals surface area contributed by atoms with Crippen molar-refractivity contribution in [1.29, 1.82) is 0 Å². The Morgan fingerprint density at radius 1 is 0.909 bits per heavy atom. The van der Waals surface area contributed by atoms with Gasteiger partial charge in [0.15, 0.2) is 0 Å². The van der Waals surface area contributed by atoms with E-state index in [1.807, 2.05) is 12.1 Å². The molecule has 0 saturated heterocycles. The Labute approximate surface area is 192 Å². The Hall–Kier alpha value is -2.35. The second-order valence-corrected chi connectivity index (χ2v) is 9.56. The normalized spacial score (nSPS) is 22.2. The molecule has 0 radical (unpaired) electrons. The monoisotopic (exact) mass is 460 g/mol. The minimum atomic E-state index is -5.08. The summed E-state index contributed by atoms with van der Waals surface area (Å²) in [6.45, 7) is 2.24. The first-order chi connectivity index (χ1) is 15.8. The van der Waals surface area contributed by atoms with Crippen molar-refractivity contribution in [2.75, 3.05) is 0 Å². The van der Waals surface area contributed by atoms with Gasteiger partial charge in [-0.1, -0.05) is 50.5 Å². The van der Waals surface area contributed by atoms with Crippen LogP contribution in [0.15, 0.2) is 30.3 Å². The van der Waals surface area contributed by atoms with E-state index >= 15 is 0 Å². The number of unbranched alkanes of at least 4 members (excludes halogenated alkanes) is 2. The average molecular weight is 461 g/mol. The molecule has 0 amide bonds. The maximum Gasteiger partial charge on any atom is 0.422 e. The van der Waals surface area contributed by atoms with E-state index in [2.05, 4.69) is 24.8 Å². The van der Waals surface area contributed by atoms with Gasteiger partial charge >= 0.3 is 6.18 Å². The van der Waals surface area contributed by atoms with Crippen LogP contribution in [0.2, 0.25) is 0 Å². The third-order valence-electron chi connectivity index (χ3n) is 7.31. The Kier molecular flexibility index (Phi) is 7.12. The maximum atomic E-state index is 13.8. The Bertz CT molecular complexity index is 1030. The highest BCUT2D eigenvalue weighted by molar-refractivity contribution is 5.48. The molecule has 3 atom stereocenters. The maximum absolute atomic E-state index is 13.8. The van der Waals surface area contributed by atoms with Gasteiger partial charge in [0.1, 0.15) is 17.2 Å². The molecule has 33 heavy (non-hydrogen) atoms. The van der Waals surface area contributed by atoms with E-state index in [0.29, 0.717) is 23.6 Å². The number of fused-ring (bicyclic) bond motifs is 3. The Morgan fingerprint density at radius 2 is 1.64 bits per heavy atom. The highest BCUT2D eigenvalue weighted by Crippen LogP contribution is 2.48. The molecule has 0 bridgehead atoms. The fourth-order valence-corrected chi connectivity index (χ4v) is 5.70. The zero-order chi connectivity index (χ0) is 23.6. The molecule has 1 saturated carbocycles. The lowest BCUT2D eigenvalue weighted by Gasteiger charge is -2.40. The summed E-state index contributed by atoms with van der Waals surface area (Å²) in [5.41, 5.74) is 1.39. The average Bonchev–Trinajstić information content (AvgIpc) is 2.76. The van der Waals surface area contributed by atoms with Crippen molar-refractivity contribution in [3.05, 3.63) is 69.8 Å². The van der Waals surface area contributed by atoms with Crippen LogP contribution < -0.4 is 0 Å². The number of aryl methyl sites for hydroxylation is 1. The van der Waals surface area contributed by atoms with E-state index in [-0.39, 0.29) is 5.56 Å². The molecule has 0 aliphatic heterocycles. The summed E-state index contributed by atoms with van der Waals surface area (Å²) >= 11 is 0. The molecule has 0 aromatic heterocycles. The van der Waals surface area contributed by atoms with Crippen molar-refractivity contribution in [2.24, 2.45) is 11.8 Å². The predicted octanol–water partition coefficient (Wildman–Crippen LogP) is 8.41. The summed E-state index contributed by atoms with van der Waals surface area (Å²) < 4.78 is 65.8. The van der Waals surface area contributed by atoms with Crippen LogP contribution in [0.5, 0.6) is 0 Å². The highest BCUT2D eigenvalue weighted by Gasteiger charge is 2.38. The molecular weight excluding hydrogens is 431 g/mol. The summed E-state index contributed by atoms with van der Waals surface area (Å²) in [5.74, 6) is 4.39. The Balaban J connectivity index is 1.48. The molecule has 2 aromatic rings. The molecule has 5 heteroatoms. The number of hydrogen-bond donors (Lipinski definition) is 0. The molecular formula is C28H29F5. The number of alkyl halides is 3. The van der Waals surface area contributed by atoms with Gasteiger partial charge in [-0.05, 0) is 85.3 Å². The van der Waals surface area contributed by atoms with Gasteiger partial charge in [0.2, 0.25) is 0 Å². The summed E-state index contributed by atoms with van der Waals surface area (Å²) in [7, 11) is 0. The van der Waals surface area contributed by atoms with Crippen molar-refractivity contribution in [3.63, 3.8) is 0 Å².